The lowest BCUT2D eigenvalue weighted by Crippen LogP contribution is -2.53. The molecule has 0 amide bonds. The van der Waals surface area contributed by atoms with Crippen molar-refractivity contribution in [2.75, 3.05) is 33.2 Å². The summed E-state index contributed by atoms with van der Waals surface area (Å²) < 4.78 is 0. The Kier molecular flexibility index (Phi) is 3.81. The van der Waals surface area contributed by atoms with Gasteiger partial charge in [-0.05, 0) is 38.1 Å². The van der Waals surface area contributed by atoms with Crippen molar-refractivity contribution < 1.29 is 0 Å². The van der Waals surface area contributed by atoms with Gasteiger partial charge in [0.25, 0.3) is 0 Å². The third-order valence-corrected chi connectivity index (χ3v) is 5.01. The molecular weight excluding hydrogens is 210 g/mol. The highest BCUT2D eigenvalue weighted by molar-refractivity contribution is 4.96. The minimum atomic E-state index is 0.348. The van der Waals surface area contributed by atoms with Gasteiger partial charge in [-0.3, -0.25) is 4.90 Å². The zero-order valence-electron chi connectivity index (χ0n) is 11.9. The fourth-order valence-corrected chi connectivity index (χ4v) is 3.50. The molecule has 2 aliphatic rings. The van der Waals surface area contributed by atoms with Crippen LogP contribution in [0, 0.1) is 11.3 Å². The second-order valence-electron chi connectivity index (χ2n) is 6.92. The normalized spacial score (nSPS) is 39.7. The summed E-state index contributed by atoms with van der Waals surface area (Å²) in [5.41, 5.74) is 6.76. The maximum atomic E-state index is 6.41. The topological polar surface area (TPSA) is 32.5 Å². The molecule has 2 fully saturated rings. The monoisotopic (exact) mass is 239 g/mol. The Morgan fingerprint density at radius 1 is 1.29 bits per heavy atom. The van der Waals surface area contributed by atoms with Gasteiger partial charge >= 0.3 is 0 Å². The highest BCUT2D eigenvalue weighted by atomic mass is 15.3. The first kappa shape index (κ1) is 13.3. The van der Waals surface area contributed by atoms with Crippen LogP contribution in [0.4, 0.5) is 0 Å². The summed E-state index contributed by atoms with van der Waals surface area (Å²) in [5.74, 6) is 0.704. The van der Waals surface area contributed by atoms with E-state index in [2.05, 4.69) is 37.6 Å². The first-order chi connectivity index (χ1) is 7.90. The molecule has 2 rings (SSSR count). The van der Waals surface area contributed by atoms with Crippen molar-refractivity contribution in [1.82, 2.24) is 9.80 Å². The van der Waals surface area contributed by atoms with Gasteiger partial charge in [0.15, 0.2) is 0 Å². The fourth-order valence-electron chi connectivity index (χ4n) is 3.50. The Labute approximate surface area is 106 Å². The summed E-state index contributed by atoms with van der Waals surface area (Å²) in [7, 11) is 2.22. The molecule has 1 saturated carbocycles. The molecule has 0 radical (unpaired) electrons. The third-order valence-electron chi connectivity index (χ3n) is 5.01. The van der Waals surface area contributed by atoms with Crippen molar-refractivity contribution in [2.24, 2.45) is 17.1 Å². The Morgan fingerprint density at radius 3 is 2.53 bits per heavy atom. The quantitative estimate of drug-likeness (QED) is 0.790. The molecule has 1 aliphatic carbocycles. The van der Waals surface area contributed by atoms with Gasteiger partial charge in [-0.2, -0.15) is 0 Å². The number of likely N-dealkylation sites (N-methyl/N-ethyl adjacent to an activating group) is 1. The highest BCUT2D eigenvalue weighted by Gasteiger charge is 2.40. The van der Waals surface area contributed by atoms with Gasteiger partial charge in [0.1, 0.15) is 0 Å². The highest BCUT2D eigenvalue weighted by Crippen LogP contribution is 2.40. The van der Waals surface area contributed by atoms with Crippen molar-refractivity contribution in [1.29, 1.82) is 0 Å². The molecule has 3 atom stereocenters. The van der Waals surface area contributed by atoms with E-state index in [1.807, 2.05) is 0 Å². The van der Waals surface area contributed by atoms with Crippen molar-refractivity contribution in [3.8, 4) is 0 Å². The lowest BCUT2D eigenvalue weighted by Gasteiger charge is -2.40. The maximum absolute atomic E-state index is 6.41. The summed E-state index contributed by atoms with van der Waals surface area (Å²) in [5, 5.41) is 0. The van der Waals surface area contributed by atoms with E-state index in [-0.39, 0.29) is 0 Å². The molecule has 0 aromatic carbocycles. The Hall–Kier alpha value is -0.120. The average Bonchev–Trinajstić information content (AvgIpc) is 2.49. The standard InChI is InChI=1S/C14H29N3/c1-11-9-16(4)7-8-17(11)10-12-5-6-14(2,3)13(12)15/h11-13H,5-10,15H2,1-4H3. The Bertz CT molecular complexity index is 264. The predicted molar refractivity (Wildman–Crippen MR) is 73.0 cm³/mol. The molecule has 3 heteroatoms. The van der Waals surface area contributed by atoms with Crippen LogP contribution in [0.25, 0.3) is 0 Å². The SMILES string of the molecule is CC1CN(C)CCN1CC1CCC(C)(C)C1N. The molecule has 2 N–H and O–H groups in total. The van der Waals surface area contributed by atoms with Crippen molar-refractivity contribution in [2.45, 2.75) is 45.7 Å². The summed E-state index contributed by atoms with van der Waals surface area (Å²) in [6, 6.07) is 1.07. The molecule has 0 bridgehead atoms. The average molecular weight is 239 g/mol. The molecule has 100 valence electrons. The zero-order valence-corrected chi connectivity index (χ0v) is 11.9. The van der Waals surface area contributed by atoms with E-state index >= 15 is 0 Å². The van der Waals surface area contributed by atoms with Crippen molar-refractivity contribution in [3.05, 3.63) is 0 Å². The summed E-state index contributed by atoms with van der Waals surface area (Å²) >= 11 is 0. The Balaban J connectivity index is 1.89. The van der Waals surface area contributed by atoms with Crippen LogP contribution in [0.5, 0.6) is 0 Å². The molecule has 0 aromatic rings. The lowest BCUT2D eigenvalue weighted by atomic mass is 9.85. The van der Waals surface area contributed by atoms with Crippen LogP contribution in [0.15, 0.2) is 0 Å². The zero-order chi connectivity index (χ0) is 12.6. The van der Waals surface area contributed by atoms with Gasteiger partial charge in [-0.15, -0.1) is 0 Å². The second-order valence-corrected chi connectivity index (χ2v) is 6.92. The minimum absolute atomic E-state index is 0.348. The fraction of sp³-hybridized carbons (Fsp3) is 1.00. The van der Waals surface area contributed by atoms with E-state index < -0.39 is 0 Å². The maximum Gasteiger partial charge on any atom is 0.0195 e. The number of hydrogen-bond donors (Lipinski definition) is 1. The van der Waals surface area contributed by atoms with Crippen LogP contribution < -0.4 is 5.73 Å². The molecule has 1 aliphatic heterocycles. The second kappa shape index (κ2) is 4.87. The van der Waals surface area contributed by atoms with Gasteiger partial charge in [-0.25, -0.2) is 0 Å². The number of nitrogens with zero attached hydrogens (tertiary/aromatic N) is 2. The number of hydrogen-bond acceptors (Lipinski definition) is 3. The van der Waals surface area contributed by atoms with Gasteiger partial charge in [0.05, 0.1) is 0 Å². The van der Waals surface area contributed by atoms with Crippen LogP contribution in [0.2, 0.25) is 0 Å². The molecule has 0 spiro atoms. The molecule has 1 saturated heterocycles. The van der Waals surface area contributed by atoms with Crippen LogP contribution in [0.1, 0.15) is 33.6 Å². The van der Waals surface area contributed by atoms with Gasteiger partial charge in [0.2, 0.25) is 0 Å². The van der Waals surface area contributed by atoms with Gasteiger partial charge in [0, 0.05) is 38.3 Å². The largest absolute Gasteiger partial charge is 0.327 e. The van der Waals surface area contributed by atoms with E-state index in [4.69, 9.17) is 5.73 Å². The van der Waals surface area contributed by atoms with E-state index in [9.17, 15) is 0 Å². The van der Waals surface area contributed by atoms with Crippen LogP contribution in [-0.4, -0.2) is 55.1 Å². The molecular formula is C14H29N3. The van der Waals surface area contributed by atoms with Crippen LogP contribution in [0.3, 0.4) is 0 Å². The molecule has 3 unspecified atom stereocenters. The van der Waals surface area contributed by atoms with E-state index in [1.165, 1.54) is 39.0 Å². The lowest BCUT2D eigenvalue weighted by molar-refractivity contribution is 0.0804. The first-order valence-electron chi connectivity index (χ1n) is 7.08. The molecule has 3 nitrogen and oxygen atoms in total. The van der Waals surface area contributed by atoms with Gasteiger partial charge < -0.3 is 10.6 Å². The smallest absolute Gasteiger partial charge is 0.0195 e. The molecule has 0 aromatic heterocycles. The van der Waals surface area contributed by atoms with E-state index in [1.54, 1.807) is 0 Å². The van der Waals surface area contributed by atoms with E-state index in [0.717, 1.165) is 0 Å². The van der Waals surface area contributed by atoms with E-state index in [0.29, 0.717) is 23.4 Å². The summed E-state index contributed by atoms with van der Waals surface area (Å²) in [6.45, 7) is 11.8. The van der Waals surface area contributed by atoms with Crippen LogP contribution in [-0.2, 0) is 0 Å². The van der Waals surface area contributed by atoms with Crippen molar-refractivity contribution >= 4 is 0 Å². The number of rotatable bonds is 2. The number of nitrogens with two attached hydrogens (primary N) is 1. The Morgan fingerprint density at radius 2 is 2.00 bits per heavy atom. The molecule has 1 heterocycles. The van der Waals surface area contributed by atoms with Crippen molar-refractivity contribution in [3.63, 3.8) is 0 Å². The summed E-state index contributed by atoms with van der Waals surface area (Å²) in [4.78, 5) is 5.08. The third kappa shape index (κ3) is 2.83. The first-order valence-corrected chi connectivity index (χ1v) is 7.08. The minimum Gasteiger partial charge on any atom is -0.327 e. The van der Waals surface area contributed by atoms with Gasteiger partial charge in [-0.1, -0.05) is 13.8 Å². The van der Waals surface area contributed by atoms with Crippen LogP contribution >= 0.6 is 0 Å². The predicted octanol–water partition coefficient (Wildman–Crippen LogP) is 1.39. The molecule has 17 heavy (non-hydrogen) atoms. The number of piperazine rings is 1. The summed E-state index contributed by atoms with van der Waals surface area (Å²) in [6.07, 6.45) is 2.61.